The Bertz CT molecular complexity index is 1410. The first kappa shape index (κ1) is 59.2. The summed E-state index contributed by atoms with van der Waals surface area (Å²) in [6.45, 7) is 22.9. The van der Waals surface area contributed by atoms with Crippen LogP contribution in [-0.2, 0) is 46.1 Å². The molecule has 61 heavy (non-hydrogen) atoms. The first-order chi connectivity index (χ1) is 29.4. The molecule has 2 aromatic rings. The predicted octanol–water partition coefficient (Wildman–Crippen LogP) is 19.7. The van der Waals surface area contributed by atoms with E-state index >= 15 is 0 Å². The number of nitrogens with zero attached hydrogens (tertiary/aromatic N) is 2. The average Bonchev–Trinajstić information content (AvgIpc) is 3.60. The minimum absolute atomic E-state index is 0. The molecule has 1 heterocycles. The van der Waals surface area contributed by atoms with Crippen LogP contribution in [0.2, 0.25) is 0 Å². The molecule has 1 aliphatic rings. The van der Waals surface area contributed by atoms with Crippen molar-refractivity contribution in [2.75, 3.05) is 0 Å². The molecular weight excluding hydrogens is 831 g/mol. The fourth-order valence-corrected chi connectivity index (χ4v) is 8.11. The molecule has 2 aromatic carbocycles. The smallest absolute Gasteiger partial charge is 0.493 e. The Morgan fingerprint density at radius 2 is 0.656 bits per heavy atom. The molecule has 0 N–H and O–H groups in total. The molecule has 0 saturated carbocycles. The van der Waals surface area contributed by atoms with Crippen molar-refractivity contribution in [2.24, 2.45) is 0 Å². The molecule has 0 aliphatic carbocycles. The zero-order valence-electron chi connectivity index (χ0n) is 41.5. The standard InChI is InChI=1S/C50H80N2.2C4H9.Pd/c1-6-11-16-19-22-27-32-43-35-42(30-25-14-9-4)37-47(38-43)49-41-46(34-29-24-21-18-13-8-3)50(52(49)51)48-39-44(31-26-15-10-5)36-45(40-48)33-28-23-20-17-12-7-2;2*1-3-4-2;/h35-41H,6-34H2,1-5H3;2*1,3-4H2,2H3;/q;2*-1;+2. The summed E-state index contributed by atoms with van der Waals surface area (Å²) in [5.41, 5.74) is 23.8. The van der Waals surface area contributed by atoms with E-state index in [1.165, 1.54) is 206 Å². The van der Waals surface area contributed by atoms with E-state index in [1.54, 1.807) is 4.70 Å². The second-order valence-electron chi connectivity index (χ2n) is 18.0. The van der Waals surface area contributed by atoms with E-state index in [0.717, 1.165) is 56.3 Å². The van der Waals surface area contributed by atoms with E-state index in [-0.39, 0.29) is 20.4 Å². The number of aryl methyl sites for hydroxylation is 4. The van der Waals surface area contributed by atoms with Gasteiger partial charge in [0.05, 0.1) is 0 Å². The molecule has 0 radical (unpaired) electrons. The fourth-order valence-electron chi connectivity index (χ4n) is 8.11. The summed E-state index contributed by atoms with van der Waals surface area (Å²) in [7, 11) is 0. The van der Waals surface area contributed by atoms with Crippen molar-refractivity contribution >= 4 is 11.4 Å². The summed E-state index contributed by atoms with van der Waals surface area (Å²) in [5.74, 6) is 0. The van der Waals surface area contributed by atoms with Gasteiger partial charge < -0.3 is 19.4 Å². The van der Waals surface area contributed by atoms with E-state index in [1.807, 2.05) is 0 Å². The van der Waals surface area contributed by atoms with E-state index in [4.69, 9.17) is 0 Å². The molecule has 0 spiro atoms. The third kappa shape index (κ3) is 27.2. The second kappa shape index (κ2) is 40.9. The molecule has 0 saturated heterocycles. The van der Waals surface area contributed by atoms with Gasteiger partial charge in [-0.3, -0.25) is 0 Å². The van der Waals surface area contributed by atoms with E-state index in [9.17, 15) is 5.53 Å². The van der Waals surface area contributed by atoms with Crippen LogP contribution in [0.1, 0.15) is 268 Å². The summed E-state index contributed by atoms with van der Waals surface area (Å²) in [6.07, 6.45) is 43.5. The topological polar surface area (TPSA) is 25.3 Å². The average molecular weight is 930 g/mol. The summed E-state index contributed by atoms with van der Waals surface area (Å²) in [4.78, 5) is 0. The van der Waals surface area contributed by atoms with Crippen molar-refractivity contribution < 1.29 is 25.1 Å². The van der Waals surface area contributed by atoms with Crippen LogP contribution < -0.4 is 0 Å². The number of allylic oxidation sites excluding steroid dienone is 2. The Morgan fingerprint density at radius 1 is 0.377 bits per heavy atom. The van der Waals surface area contributed by atoms with Gasteiger partial charge in [-0.15, -0.1) is 0 Å². The quantitative estimate of drug-likeness (QED) is 0.0295. The van der Waals surface area contributed by atoms with Crippen LogP contribution in [0, 0.1) is 13.8 Å². The molecule has 0 atom stereocenters. The van der Waals surface area contributed by atoms with Crippen molar-refractivity contribution in [1.29, 1.82) is 0 Å². The maximum absolute atomic E-state index is 12.3. The Balaban J connectivity index is 0.00000366. The number of hydrogen-bond acceptors (Lipinski definition) is 0. The van der Waals surface area contributed by atoms with Gasteiger partial charge in [-0.1, -0.05) is 195 Å². The van der Waals surface area contributed by atoms with Gasteiger partial charge in [-0.25, -0.2) is 4.70 Å². The SMILES string of the molecule is CCCCCCCCC1=C(c2cc(CCCCC)cc(CCCCCCCC)c2)[N+](=[N-])C(c2cc(CCCCC)cc(CCCCCCCC)c2)=C1.[CH2-]CCC.[CH2-]CCC.[Pd+2]. The van der Waals surface area contributed by atoms with Crippen LogP contribution >= 0.6 is 0 Å². The molecule has 3 rings (SSSR count). The third-order valence-electron chi connectivity index (χ3n) is 12.0. The Labute approximate surface area is 395 Å². The number of unbranched alkanes of at least 4 members (excludes halogenated alkanes) is 21. The molecule has 0 unspecified atom stereocenters. The molecule has 0 aromatic heterocycles. The number of hydrogen-bond donors (Lipinski definition) is 0. The van der Waals surface area contributed by atoms with Gasteiger partial charge in [-0.05, 0) is 111 Å². The van der Waals surface area contributed by atoms with Gasteiger partial charge in [0.1, 0.15) is 0 Å². The van der Waals surface area contributed by atoms with Gasteiger partial charge in [0, 0.05) is 22.8 Å². The Morgan fingerprint density at radius 3 is 1.00 bits per heavy atom. The summed E-state index contributed by atoms with van der Waals surface area (Å²) in [5, 5.41) is 0. The van der Waals surface area contributed by atoms with Gasteiger partial charge in [0.15, 0.2) is 0 Å². The maximum Gasteiger partial charge on any atom is 2.00 e. The normalized spacial score (nSPS) is 12.1. The zero-order valence-corrected chi connectivity index (χ0v) is 43.1. The van der Waals surface area contributed by atoms with Crippen LogP contribution in [0.5, 0.6) is 0 Å². The van der Waals surface area contributed by atoms with Crippen molar-refractivity contribution in [3.05, 3.63) is 101 Å². The molecular formula is C58H98N2Pd. The van der Waals surface area contributed by atoms with Crippen LogP contribution in [0.15, 0.2) is 48.0 Å². The van der Waals surface area contributed by atoms with Gasteiger partial charge >= 0.3 is 20.4 Å². The van der Waals surface area contributed by atoms with Crippen LogP contribution in [0.25, 0.3) is 16.9 Å². The van der Waals surface area contributed by atoms with Crippen molar-refractivity contribution in [2.45, 2.75) is 260 Å². The van der Waals surface area contributed by atoms with Crippen molar-refractivity contribution in [3.8, 4) is 0 Å². The molecule has 3 heteroatoms. The maximum atomic E-state index is 12.3. The van der Waals surface area contributed by atoms with Gasteiger partial charge in [0.2, 0.25) is 11.4 Å². The molecule has 2 nitrogen and oxygen atoms in total. The molecule has 0 fully saturated rings. The van der Waals surface area contributed by atoms with Gasteiger partial charge in [-0.2, -0.15) is 12.8 Å². The summed E-state index contributed by atoms with van der Waals surface area (Å²) in [6, 6.07) is 14.6. The third-order valence-corrected chi connectivity index (χ3v) is 12.0. The molecule has 0 bridgehead atoms. The molecule has 1 aliphatic heterocycles. The van der Waals surface area contributed by atoms with Crippen molar-refractivity contribution in [3.63, 3.8) is 0 Å². The largest absolute Gasteiger partial charge is 2.00 e. The van der Waals surface area contributed by atoms with Crippen LogP contribution in [0.4, 0.5) is 0 Å². The van der Waals surface area contributed by atoms with E-state index in [0.29, 0.717) is 0 Å². The van der Waals surface area contributed by atoms with Crippen LogP contribution in [-0.4, -0.2) is 4.70 Å². The number of benzene rings is 2. The molecule has 0 amide bonds. The minimum atomic E-state index is 0. The van der Waals surface area contributed by atoms with E-state index in [2.05, 4.69) is 105 Å². The van der Waals surface area contributed by atoms with Gasteiger partial charge in [0.25, 0.3) is 0 Å². The van der Waals surface area contributed by atoms with Crippen molar-refractivity contribution in [1.82, 2.24) is 0 Å². The van der Waals surface area contributed by atoms with Crippen LogP contribution in [0.3, 0.4) is 0 Å². The van der Waals surface area contributed by atoms with E-state index < -0.39 is 0 Å². The number of rotatable bonds is 33. The first-order valence-corrected chi connectivity index (χ1v) is 26.2. The monoisotopic (exact) mass is 929 g/mol. The summed E-state index contributed by atoms with van der Waals surface area (Å²) >= 11 is 0. The zero-order chi connectivity index (χ0) is 44.1. The minimum Gasteiger partial charge on any atom is -0.493 e. The Kier molecular flexibility index (Phi) is 39.7. The molecule has 350 valence electrons. The fraction of sp³-hybridized carbons (Fsp3) is 0.690. The Hall–Kier alpha value is -1.82. The second-order valence-corrected chi connectivity index (χ2v) is 18.0. The predicted molar refractivity (Wildman–Crippen MR) is 271 cm³/mol. The first-order valence-electron chi connectivity index (χ1n) is 26.2. The summed E-state index contributed by atoms with van der Waals surface area (Å²) < 4.78 is 1.60.